The van der Waals surface area contributed by atoms with Gasteiger partial charge < -0.3 is 4.90 Å². The van der Waals surface area contributed by atoms with Crippen molar-refractivity contribution in [2.24, 2.45) is 7.05 Å². The third-order valence-corrected chi connectivity index (χ3v) is 5.64. The SMILES string of the molecule is Cn1ncc(N2CCN(Cc3n[nH]c4c3CCCC4)CC2)c(Cl)c1=O. The average Bonchev–Trinajstić information content (AvgIpc) is 3.04. The second-order valence-electron chi connectivity index (χ2n) is 6.87. The zero-order valence-corrected chi connectivity index (χ0v) is 15.2. The molecule has 4 rings (SSSR count). The fraction of sp³-hybridized carbons (Fsp3) is 0.588. The van der Waals surface area contributed by atoms with E-state index in [0.29, 0.717) is 0 Å². The number of nitrogens with zero attached hydrogens (tertiary/aromatic N) is 5. The lowest BCUT2D eigenvalue weighted by Gasteiger charge is -2.36. The number of H-pyrrole nitrogens is 1. The van der Waals surface area contributed by atoms with Crippen molar-refractivity contribution < 1.29 is 0 Å². The molecular weight excluding hydrogens is 340 g/mol. The van der Waals surface area contributed by atoms with E-state index in [-0.39, 0.29) is 10.6 Å². The predicted octanol–water partition coefficient (Wildman–Crippen LogP) is 1.36. The number of halogens is 1. The molecule has 2 aliphatic rings. The van der Waals surface area contributed by atoms with Crippen LogP contribution in [-0.2, 0) is 26.4 Å². The molecule has 1 fully saturated rings. The molecule has 0 unspecified atom stereocenters. The summed E-state index contributed by atoms with van der Waals surface area (Å²) in [5, 5.41) is 12.1. The van der Waals surface area contributed by atoms with E-state index in [2.05, 4.69) is 25.1 Å². The van der Waals surface area contributed by atoms with Crippen molar-refractivity contribution in [1.82, 2.24) is 24.9 Å². The molecular formula is C17H23ClN6O. The largest absolute Gasteiger partial charge is 0.366 e. The molecule has 1 aliphatic carbocycles. The summed E-state index contributed by atoms with van der Waals surface area (Å²) in [7, 11) is 1.61. The van der Waals surface area contributed by atoms with Gasteiger partial charge >= 0.3 is 0 Å². The molecule has 0 saturated carbocycles. The molecule has 0 bridgehead atoms. The van der Waals surface area contributed by atoms with Crippen LogP contribution in [0.3, 0.4) is 0 Å². The van der Waals surface area contributed by atoms with Gasteiger partial charge in [0.1, 0.15) is 5.02 Å². The molecule has 0 aromatic carbocycles. The maximum Gasteiger partial charge on any atom is 0.287 e. The molecule has 7 nitrogen and oxygen atoms in total. The topological polar surface area (TPSA) is 70.1 Å². The first kappa shape index (κ1) is 16.6. The second kappa shape index (κ2) is 6.80. The van der Waals surface area contributed by atoms with E-state index < -0.39 is 0 Å². The van der Waals surface area contributed by atoms with Crippen LogP contribution in [0.25, 0.3) is 0 Å². The number of aromatic nitrogens is 4. The zero-order chi connectivity index (χ0) is 17.4. The van der Waals surface area contributed by atoms with E-state index in [4.69, 9.17) is 11.6 Å². The Bertz CT molecular complexity index is 821. The first-order chi connectivity index (χ1) is 12.1. The second-order valence-corrected chi connectivity index (χ2v) is 7.25. The number of rotatable bonds is 3. The predicted molar refractivity (Wildman–Crippen MR) is 97.2 cm³/mol. The van der Waals surface area contributed by atoms with Gasteiger partial charge in [-0.25, -0.2) is 4.68 Å². The Kier molecular flexibility index (Phi) is 4.52. The van der Waals surface area contributed by atoms with Crippen LogP contribution in [0.5, 0.6) is 0 Å². The van der Waals surface area contributed by atoms with Crippen LogP contribution < -0.4 is 10.5 Å². The van der Waals surface area contributed by atoms with Crippen molar-refractivity contribution in [3.05, 3.63) is 38.5 Å². The standard InChI is InChI=1S/C17H23ClN6O/c1-22-17(25)16(18)15(10-19-22)24-8-6-23(7-9-24)11-14-12-4-2-3-5-13(12)20-21-14/h10H,2-9,11H2,1H3,(H,20,21). The lowest BCUT2D eigenvalue weighted by molar-refractivity contribution is 0.246. The van der Waals surface area contributed by atoms with Crippen LogP contribution in [0.2, 0.25) is 5.02 Å². The van der Waals surface area contributed by atoms with Gasteiger partial charge in [0.05, 0.1) is 17.6 Å². The highest BCUT2D eigenvalue weighted by atomic mass is 35.5. The van der Waals surface area contributed by atoms with Gasteiger partial charge in [-0.1, -0.05) is 11.6 Å². The van der Waals surface area contributed by atoms with Gasteiger partial charge in [0.2, 0.25) is 0 Å². The van der Waals surface area contributed by atoms with E-state index in [0.717, 1.165) is 51.3 Å². The summed E-state index contributed by atoms with van der Waals surface area (Å²) in [5.41, 5.74) is 4.47. The van der Waals surface area contributed by atoms with Gasteiger partial charge in [-0.15, -0.1) is 0 Å². The van der Waals surface area contributed by atoms with E-state index in [1.54, 1.807) is 13.2 Å². The quantitative estimate of drug-likeness (QED) is 0.892. The fourth-order valence-corrected chi connectivity index (χ4v) is 4.05. The van der Waals surface area contributed by atoms with Crippen LogP contribution in [-0.4, -0.2) is 51.1 Å². The number of aromatic amines is 1. The Morgan fingerprint density at radius 2 is 1.96 bits per heavy atom. The monoisotopic (exact) mass is 362 g/mol. The van der Waals surface area contributed by atoms with E-state index in [9.17, 15) is 4.79 Å². The van der Waals surface area contributed by atoms with Gasteiger partial charge in [-0.2, -0.15) is 10.2 Å². The summed E-state index contributed by atoms with van der Waals surface area (Å²) >= 11 is 6.22. The highest BCUT2D eigenvalue weighted by Gasteiger charge is 2.23. The Hall–Kier alpha value is -1.86. The minimum atomic E-state index is -0.246. The highest BCUT2D eigenvalue weighted by Crippen LogP contribution is 2.25. The van der Waals surface area contributed by atoms with Gasteiger partial charge in [-0.3, -0.25) is 14.8 Å². The molecule has 0 amide bonds. The van der Waals surface area contributed by atoms with E-state index in [1.807, 2.05) is 0 Å². The maximum absolute atomic E-state index is 12.0. The minimum Gasteiger partial charge on any atom is -0.366 e. The van der Waals surface area contributed by atoms with Crippen molar-refractivity contribution in [3.8, 4) is 0 Å². The Morgan fingerprint density at radius 1 is 1.20 bits per heavy atom. The third kappa shape index (κ3) is 3.18. The smallest absolute Gasteiger partial charge is 0.287 e. The number of anilines is 1. The number of hydrogen-bond acceptors (Lipinski definition) is 5. The Balaban J connectivity index is 1.41. The van der Waals surface area contributed by atoms with Crippen LogP contribution in [0.1, 0.15) is 29.8 Å². The van der Waals surface area contributed by atoms with Crippen molar-refractivity contribution in [2.75, 3.05) is 31.1 Å². The molecule has 2 aromatic rings. The van der Waals surface area contributed by atoms with Gasteiger partial charge in [0.25, 0.3) is 5.56 Å². The van der Waals surface area contributed by atoms with E-state index in [1.165, 1.54) is 34.5 Å². The first-order valence-corrected chi connectivity index (χ1v) is 9.25. The van der Waals surface area contributed by atoms with Crippen LogP contribution in [0, 0.1) is 0 Å². The van der Waals surface area contributed by atoms with Crippen LogP contribution in [0.15, 0.2) is 11.0 Å². The van der Waals surface area contributed by atoms with Gasteiger partial charge in [0.15, 0.2) is 0 Å². The van der Waals surface area contributed by atoms with Crippen molar-refractivity contribution in [3.63, 3.8) is 0 Å². The Morgan fingerprint density at radius 3 is 2.76 bits per heavy atom. The first-order valence-electron chi connectivity index (χ1n) is 8.87. The van der Waals surface area contributed by atoms with Crippen molar-refractivity contribution in [1.29, 1.82) is 0 Å². The average molecular weight is 363 g/mol. The summed E-state index contributed by atoms with van der Waals surface area (Å²) < 4.78 is 1.27. The highest BCUT2D eigenvalue weighted by molar-refractivity contribution is 6.33. The molecule has 8 heteroatoms. The summed E-state index contributed by atoms with van der Waals surface area (Å²) in [4.78, 5) is 16.5. The molecule has 25 heavy (non-hydrogen) atoms. The summed E-state index contributed by atoms with van der Waals surface area (Å²) in [6.45, 7) is 4.41. The zero-order valence-electron chi connectivity index (χ0n) is 14.5. The molecule has 2 aromatic heterocycles. The lowest BCUT2D eigenvalue weighted by Crippen LogP contribution is -2.46. The van der Waals surface area contributed by atoms with E-state index >= 15 is 0 Å². The fourth-order valence-electron chi connectivity index (χ4n) is 3.76. The lowest BCUT2D eigenvalue weighted by atomic mass is 9.96. The van der Waals surface area contributed by atoms with Gasteiger partial charge in [-0.05, 0) is 31.2 Å². The number of piperazine rings is 1. The molecule has 0 radical (unpaired) electrons. The van der Waals surface area contributed by atoms with Crippen LogP contribution >= 0.6 is 11.6 Å². The summed E-state index contributed by atoms with van der Waals surface area (Å²) in [6.07, 6.45) is 6.49. The summed E-state index contributed by atoms with van der Waals surface area (Å²) in [6, 6.07) is 0. The molecule has 0 atom stereocenters. The molecule has 1 aliphatic heterocycles. The number of hydrogen-bond donors (Lipinski definition) is 1. The molecule has 1 saturated heterocycles. The van der Waals surface area contributed by atoms with Crippen molar-refractivity contribution >= 4 is 17.3 Å². The molecule has 1 N–H and O–H groups in total. The number of fused-ring (bicyclic) bond motifs is 1. The Labute approximate surface area is 151 Å². The number of aryl methyl sites for hydroxylation is 2. The normalized spacial score (nSPS) is 18.4. The molecule has 0 spiro atoms. The summed E-state index contributed by atoms with van der Waals surface area (Å²) in [5.74, 6) is 0. The number of nitrogens with one attached hydrogen (secondary N) is 1. The molecule has 134 valence electrons. The maximum atomic E-state index is 12.0. The van der Waals surface area contributed by atoms with Crippen molar-refractivity contribution in [2.45, 2.75) is 32.2 Å². The molecule has 3 heterocycles. The minimum absolute atomic E-state index is 0.246. The van der Waals surface area contributed by atoms with Gasteiger partial charge in [0, 0.05) is 45.5 Å². The third-order valence-electron chi connectivity index (χ3n) is 5.29. The van der Waals surface area contributed by atoms with Crippen LogP contribution in [0.4, 0.5) is 5.69 Å².